The maximum Gasteiger partial charge on any atom is 0.246 e. The van der Waals surface area contributed by atoms with Gasteiger partial charge in [0.25, 0.3) is 0 Å². The summed E-state index contributed by atoms with van der Waals surface area (Å²) in [7, 11) is 0.288. The summed E-state index contributed by atoms with van der Waals surface area (Å²) in [5.41, 5.74) is 0.783. The van der Waals surface area contributed by atoms with Gasteiger partial charge in [0.15, 0.2) is 21.3 Å². The van der Waals surface area contributed by atoms with Gasteiger partial charge in [0.1, 0.15) is 11.8 Å². The van der Waals surface area contributed by atoms with Crippen LogP contribution in [0.1, 0.15) is 12.0 Å². The molecule has 3 rings (SSSR count). The Morgan fingerprint density at radius 2 is 1.96 bits per heavy atom. The Bertz CT molecular complexity index is 813. The zero-order chi connectivity index (χ0) is 19.4. The van der Waals surface area contributed by atoms with Crippen molar-refractivity contribution in [3.8, 4) is 11.5 Å². The van der Waals surface area contributed by atoms with Gasteiger partial charge in [0.2, 0.25) is 5.91 Å². The van der Waals surface area contributed by atoms with Gasteiger partial charge >= 0.3 is 0 Å². The molecule has 0 spiro atoms. The summed E-state index contributed by atoms with van der Waals surface area (Å²) in [5, 5.41) is 0. The fourth-order valence-electron chi connectivity index (χ4n) is 3.85. The predicted molar refractivity (Wildman–Crippen MR) is 103 cm³/mol. The van der Waals surface area contributed by atoms with Gasteiger partial charge in [-0.25, -0.2) is 8.42 Å². The fourth-order valence-corrected chi connectivity index (χ4v) is 5.67. The molecule has 1 atom stereocenters. The number of sulfone groups is 1. The Hall–Kier alpha value is -2.06. The largest absolute Gasteiger partial charge is 0.493 e. The average molecular weight is 396 g/mol. The van der Waals surface area contributed by atoms with E-state index in [9.17, 15) is 13.2 Å². The van der Waals surface area contributed by atoms with Gasteiger partial charge in [-0.15, -0.1) is 0 Å². The molecular weight excluding hydrogens is 368 g/mol. The zero-order valence-electron chi connectivity index (χ0n) is 15.8. The highest BCUT2D eigenvalue weighted by Gasteiger charge is 2.37. The van der Waals surface area contributed by atoms with Crippen molar-refractivity contribution < 1.29 is 27.6 Å². The third kappa shape index (κ3) is 4.62. The molecule has 2 aliphatic heterocycles. The molecule has 148 valence electrons. The van der Waals surface area contributed by atoms with Crippen LogP contribution in [0, 0.1) is 0 Å². The predicted octanol–water partition coefficient (Wildman–Crippen LogP) is -0.369. The van der Waals surface area contributed by atoms with Crippen LogP contribution in [0.3, 0.4) is 0 Å². The van der Waals surface area contributed by atoms with E-state index in [1.54, 1.807) is 26.4 Å². The number of methoxy groups -OCH3 is 2. The molecule has 8 heteroatoms. The molecule has 1 N–H and O–H groups in total. The van der Waals surface area contributed by atoms with E-state index in [0.717, 1.165) is 25.1 Å². The highest BCUT2D eigenvalue weighted by atomic mass is 32.2. The van der Waals surface area contributed by atoms with Gasteiger partial charge in [0.05, 0.1) is 46.2 Å². The highest BCUT2D eigenvalue weighted by molar-refractivity contribution is 7.91. The Labute approximate surface area is 160 Å². The molecule has 2 fully saturated rings. The van der Waals surface area contributed by atoms with Crippen LogP contribution in [-0.2, 0) is 14.6 Å². The number of carbonyl (C=O) groups is 1. The number of rotatable bonds is 5. The zero-order valence-corrected chi connectivity index (χ0v) is 16.6. The first-order chi connectivity index (χ1) is 12.9. The van der Waals surface area contributed by atoms with Crippen molar-refractivity contribution in [1.82, 2.24) is 4.90 Å². The van der Waals surface area contributed by atoms with Crippen LogP contribution in [0.5, 0.6) is 11.5 Å². The second-order valence-corrected chi connectivity index (χ2v) is 9.23. The van der Waals surface area contributed by atoms with Crippen molar-refractivity contribution >= 4 is 21.8 Å². The van der Waals surface area contributed by atoms with Gasteiger partial charge in [-0.1, -0.05) is 12.1 Å². The number of hydrogen-bond donors (Lipinski definition) is 1. The average Bonchev–Trinajstić information content (AvgIpc) is 3.05. The topological polar surface area (TPSA) is 77.4 Å². The van der Waals surface area contributed by atoms with Gasteiger partial charge in [-0.3, -0.25) is 4.79 Å². The molecule has 1 amide bonds. The number of hydrogen-bond acceptors (Lipinski definition) is 5. The van der Waals surface area contributed by atoms with Crippen LogP contribution in [-0.4, -0.2) is 77.2 Å². The van der Waals surface area contributed by atoms with Crippen molar-refractivity contribution in [2.24, 2.45) is 0 Å². The van der Waals surface area contributed by atoms with E-state index >= 15 is 0 Å². The lowest BCUT2D eigenvalue weighted by atomic mass is 10.1. The maximum absolute atomic E-state index is 12.5. The molecule has 0 radical (unpaired) electrons. The number of benzene rings is 1. The van der Waals surface area contributed by atoms with Gasteiger partial charge in [-0.2, -0.15) is 0 Å². The smallest absolute Gasteiger partial charge is 0.246 e. The lowest BCUT2D eigenvalue weighted by Crippen LogP contribution is -3.18. The number of quaternary nitrogens is 1. The van der Waals surface area contributed by atoms with Crippen molar-refractivity contribution in [1.29, 1.82) is 0 Å². The van der Waals surface area contributed by atoms with Crippen molar-refractivity contribution in [3.05, 3.63) is 29.8 Å². The molecular formula is C19H27N2O5S+. The molecule has 0 saturated carbocycles. The van der Waals surface area contributed by atoms with Crippen molar-refractivity contribution in [2.75, 3.05) is 51.9 Å². The normalized spacial score (nSPS) is 22.9. The summed E-state index contributed by atoms with van der Waals surface area (Å²) < 4.78 is 34.0. The number of amides is 1. The third-order valence-corrected chi connectivity index (χ3v) is 7.13. The SMILES string of the molecule is COc1cccc(/C=C/C(=O)N2CC[NH+]([C@H]3CCS(=O)(=O)C3)CC2)c1OC. The Kier molecular flexibility index (Phi) is 6.06. The summed E-state index contributed by atoms with van der Waals surface area (Å²) in [5.74, 6) is 1.76. The van der Waals surface area contributed by atoms with Crippen molar-refractivity contribution in [3.63, 3.8) is 0 Å². The van der Waals surface area contributed by atoms with Crippen LogP contribution in [0.25, 0.3) is 6.08 Å². The molecule has 1 aromatic rings. The minimum atomic E-state index is -2.86. The molecule has 0 aliphatic carbocycles. The van der Waals surface area contributed by atoms with Crippen LogP contribution >= 0.6 is 0 Å². The Morgan fingerprint density at radius 3 is 2.56 bits per heavy atom. The molecule has 0 unspecified atom stereocenters. The third-order valence-electron chi connectivity index (χ3n) is 5.37. The number of para-hydroxylation sites is 1. The minimum absolute atomic E-state index is 0.0435. The second-order valence-electron chi connectivity index (χ2n) is 7.00. The monoisotopic (exact) mass is 395 g/mol. The molecule has 2 saturated heterocycles. The van der Waals surface area contributed by atoms with Gasteiger partial charge in [-0.05, 0) is 12.1 Å². The first kappa shape index (κ1) is 19.7. The number of nitrogens with one attached hydrogen (secondary N) is 1. The first-order valence-electron chi connectivity index (χ1n) is 9.16. The standard InChI is InChI=1S/C19H26N2O5S/c1-25-17-5-3-4-15(19(17)26-2)6-7-18(22)21-11-9-20(10-12-21)16-8-13-27(23,24)14-16/h3-7,16H,8-14H2,1-2H3/p+1/b7-6+/t16-/m0/s1. The Morgan fingerprint density at radius 1 is 1.22 bits per heavy atom. The summed E-state index contributed by atoms with van der Waals surface area (Å²) >= 11 is 0. The first-order valence-corrected chi connectivity index (χ1v) is 11.0. The number of piperazine rings is 1. The molecule has 2 heterocycles. The molecule has 0 bridgehead atoms. The molecule has 7 nitrogen and oxygen atoms in total. The minimum Gasteiger partial charge on any atom is -0.493 e. The summed E-state index contributed by atoms with van der Waals surface area (Å²) in [4.78, 5) is 15.6. The maximum atomic E-state index is 12.5. The van der Waals surface area contributed by atoms with Crippen LogP contribution in [0.4, 0.5) is 0 Å². The highest BCUT2D eigenvalue weighted by Crippen LogP contribution is 2.31. The second kappa shape index (κ2) is 8.31. The van der Waals surface area contributed by atoms with Crippen molar-refractivity contribution in [2.45, 2.75) is 12.5 Å². The van der Waals surface area contributed by atoms with E-state index in [0.29, 0.717) is 30.3 Å². The van der Waals surface area contributed by atoms with E-state index < -0.39 is 9.84 Å². The molecule has 0 aromatic heterocycles. The molecule has 27 heavy (non-hydrogen) atoms. The molecule has 1 aromatic carbocycles. The lowest BCUT2D eigenvalue weighted by molar-refractivity contribution is -0.925. The fraction of sp³-hybridized carbons (Fsp3) is 0.526. The van der Waals surface area contributed by atoms with Crippen LogP contribution < -0.4 is 14.4 Å². The van der Waals surface area contributed by atoms with E-state index in [2.05, 4.69) is 0 Å². The Balaban J connectivity index is 1.58. The summed E-state index contributed by atoms with van der Waals surface area (Å²) in [6.07, 6.45) is 4.04. The molecule has 2 aliphatic rings. The van der Waals surface area contributed by atoms with Crippen LogP contribution in [0.2, 0.25) is 0 Å². The van der Waals surface area contributed by atoms with E-state index in [4.69, 9.17) is 9.47 Å². The number of ether oxygens (including phenoxy) is 2. The number of carbonyl (C=O) groups excluding carboxylic acids is 1. The number of nitrogens with zero attached hydrogens (tertiary/aromatic N) is 1. The lowest BCUT2D eigenvalue weighted by Gasteiger charge is -2.34. The van der Waals surface area contributed by atoms with E-state index in [1.165, 1.54) is 4.90 Å². The van der Waals surface area contributed by atoms with Crippen LogP contribution in [0.15, 0.2) is 24.3 Å². The van der Waals surface area contributed by atoms with Gasteiger partial charge in [0, 0.05) is 18.1 Å². The summed E-state index contributed by atoms with van der Waals surface area (Å²) in [6.45, 7) is 2.87. The van der Waals surface area contributed by atoms with E-state index in [1.807, 2.05) is 23.1 Å². The van der Waals surface area contributed by atoms with E-state index in [-0.39, 0.29) is 17.7 Å². The van der Waals surface area contributed by atoms with Gasteiger partial charge < -0.3 is 19.3 Å². The quantitative estimate of drug-likeness (QED) is 0.689. The summed E-state index contributed by atoms with van der Waals surface area (Å²) in [6, 6.07) is 5.71.